The van der Waals surface area contributed by atoms with Gasteiger partial charge in [0.05, 0.1) is 5.69 Å². The van der Waals surface area contributed by atoms with Crippen molar-refractivity contribution in [2.24, 2.45) is 0 Å². The van der Waals surface area contributed by atoms with Gasteiger partial charge in [0.2, 0.25) is 5.91 Å². The Labute approximate surface area is 169 Å². The predicted molar refractivity (Wildman–Crippen MR) is 112 cm³/mol. The predicted octanol–water partition coefficient (Wildman–Crippen LogP) is 4.34. The zero-order chi connectivity index (χ0) is 19.5. The van der Waals surface area contributed by atoms with E-state index in [4.69, 9.17) is 0 Å². The number of hydrogen-bond donors (Lipinski definition) is 0. The zero-order valence-electron chi connectivity index (χ0n) is 16.2. The molecule has 3 aromatic rings. The highest BCUT2D eigenvalue weighted by Gasteiger charge is 2.30. The van der Waals surface area contributed by atoms with Gasteiger partial charge in [-0.25, -0.2) is 0 Å². The highest BCUT2D eigenvalue weighted by molar-refractivity contribution is 8.00. The average Bonchev–Trinajstić information content (AvgIpc) is 3.40. The van der Waals surface area contributed by atoms with Gasteiger partial charge in [0, 0.05) is 13.1 Å². The first-order valence-electron chi connectivity index (χ1n) is 9.61. The van der Waals surface area contributed by atoms with Crippen molar-refractivity contribution < 1.29 is 4.79 Å². The number of carbonyl (C=O) groups is 1. The Morgan fingerprint density at radius 3 is 2.57 bits per heavy atom. The zero-order valence-corrected chi connectivity index (χ0v) is 17.0. The Bertz CT molecular complexity index is 964. The quantitative estimate of drug-likeness (QED) is 0.606. The van der Waals surface area contributed by atoms with Crippen molar-refractivity contribution >= 4 is 17.7 Å². The minimum atomic E-state index is -0.327. The average molecular weight is 393 g/mol. The number of nitrogens with zero attached hydrogens (tertiary/aromatic N) is 4. The number of benzene rings is 2. The van der Waals surface area contributed by atoms with Gasteiger partial charge in [0.25, 0.3) is 0 Å². The molecule has 0 radical (unpaired) electrons. The van der Waals surface area contributed by atoms with Crippen LogP contribution in [0.5, 0.6) is 0 Å². The topological polar surface area (TPSA) is 51.0 Å². The van der Waals surface area contributed by atoms with Gasteiger partial charge in [-0.3, -0.25) is 9.36 Å². The van der Waals surface area contributed by atoms with Crippen LogP contribution in [0.15, 0.2) is 60.0 Å². The molecule has 2 heterocycles. The second kappa shape index (κ2) is 8.19. The number of carbonyl (C=O) groups excluding carboxylic acids is 1. The summed E-state index contributed by atoms with van der Waals surface area (Å²) in [4.78, 5) is 15.3. The Kier molecular flexibility index (Phi) is 5.48. The fourth-order valence-corrected chi connectivity index (χ4v) is 4.65. The van der Waals surface area contributed by atoms with E-state index in [0.29, 0.717) is 0 Å². The van der Waals surface area contributed by atoms with Crippen molar-refractivity contribution in [2.45, 2.75) is 37.1 Å². The third kappa shape index (κ3) is 3.83. The van der Waals surface area contributed by atoms with Crippen molar-refractivity contribution in [3.63, 3.8) is 0 Å². The van der Waals surface area contributed by atoms with Crippen LogP contribution < -0.4 is 0 Å². The minimum absolute atomic E-state index is 0.157. The van der Waals surface area contributed by atoms with Gasteiger partial charge in [0.15, 0.2) is 5.16 Å². The van der Waals surface area contributed by atoms with Crippen molar-refractivity contribution in [3.8, 4) is 5.69 Å². The van der Waals surface area contributed by atoms with E-state index in [1.54, 1.807) is 6.33 Å². The number of aromatic nitrogens is 3. The number of hydrogen-bond acceptors (Lipinski definition) is 4. The van der Waals surface area contributed by atoms with Crippen molar-refractivity contribution in [2.75, 3.05) is 13.1 Å². The third-order valence-electron chi connectivity index (χ3n) is 5.11. The molecule has 144 valence electrons. The normalized spacial score (nSPS) is 15.0. The monoisotopic (exact) mass is 392 g/mol. The van der Waals surface area contributed by atoms with Crippen molar-refractivity contribution in [3.05, 3.63) is 71.5 Å². The van der Waals surface area contributed by atoms with Crippen LogP contribution in [0.25, 0.3) is 5.69 Å². The van der Waals surface area contributed by atoms with Crippen LogP contribution >= 0.6 is 11.8 Å². The van der Waals surface area contributed by atoms with E-state index in [1.165, 1.54) is 17.3 Å². The second-order valence-corrected chi connectivity index (χ2v) is 8.29. The maximum Gasteiger partial charge on any atom is 0.240 e. The summed E-state index contributed by atoms with van der Waals surface area (Å²) in [6, 6.07) is 16.3. The van der Waals surface area contributed by atoms with Crippen LogP contribution in [0.2, 0.25) is 0 Å². The molecule has 6 heteroatoms. The van der Waals surface area contributed by atoms with Crippen LogP contribution in [0.4, 0.5) is 0 Å². The fourth-order valence-electron chi connectivity index (χ4n) is 3.55. The standard InChI is InChI=1S/C22H24N4OS/c1-16-10-11-17(2)19(14-16)26-15-23-24-22(26)28-20(18-8-4-3-5-9-18)21(27)25-12-6-7-13-25/h3-5,8-11,14-15,20H,6-7,12-13H2,1-2H3/t20-/m0/s1. The maximum absolute atomic E-state index is 13.3. The molecule has 0 aliphatic carbocycles. The summed E-state index contributed by atoms with van der Waals surface area (Å²) in [7, 11) is 0. The molecule has 0 unspecified atom stereocenters. The number of rotatable bonds is 5. The van der Waals surface area contributed by atoms with Crippen molar-refractivity contribution in [1.29, 1.82) is 0 Å². The molecule has 2 aromatic carbocycles. The molecule has 1 fully saturated rings. The lowest BCUT2D eigenvalue weighted by molar-refractivity contribution is -0.129. The van der Waals surface area contributed by atoms with Gasteiger partial charge in [-0.2, -0.15) is 0 Å². The van der Waals surface area contributed by atoms with E-state index in [-0.39, 0.29) is 11.2 Å². The van der Waals surface area contributed by atoms with E-state index in [0.717, 1.165) is 47.9 Å². The molecular weight excluding hydrogens is 368 g/mol. The molecule has 1 aromatic heterocycles. The highest BCUT2D eigenvalue weighted by Crippen LogP contribution is 2.37. The largest absolute Gasteiger partial charge is 0.341 e. The summed E-state index contributed by atoms with van der Waals surface area (Å²) in [6.07, 6.45) is 3.89. The van der Waals surface area contributed by atoms with Gasteiger partial charge in [-0.15, -0.1) is 10.2 Å². The first kappa shape index (κ1) is 18.7. The summed E-state index contributed by atoms with van der Waals surface area (Å²) in [5.41, 5.74) is 4.38. The molecule has 0 spiro atoms. The summed E-state index contributed by atoms with van der Waals surface area (Å²) < 4.78 is 1.99. The summed E-state index contributed by atoms with van der Waals surface area (Å²) in [6.45, 7) is 5.83. The fraction of sp³-hybridized carbons (Fsp3) is 0.318. The molecule has 1 aliphatic heterocycles. The summed E-state index contributed by atoms with van der Waals surface area (Å²) in [5.74, 6) is 0.157. The maximum atomic E-state index is 13.3. The molecule has 1 amide bonds. The van der Waals surface area contributed by atoms with Gasteiger partial charge >= 0.3 is 0 Å². The first-order valence-corrected chi connectivity index (χ1v) is 10.5. The molecule has 1 atom stereocenters. The third-order valence-corrected chi connectivity index (χ3v) is 6.31. The van der Waals surface area contributed by atoms with Crippen LogP contribution in [0.3, 0.4) is 0 Å². The number of aryl methyl sites for hydroxylation is 2. The second-order valence-electron chi connectivity index (χ2n) is 7.21. The molecule has 1 aliphatic rings. The number of amides is 1. The molecule has 28 heavy (non-hydrogen) atoms. The van der Waals surface area contributed by atoms with Crippen LogP contribution in [0, 0.1) is 13.8 Å². The molecular formula is C22H24N4OS. The van der Waals surface area contributed by atoms with Crippen LogP contribution in [-0.2, 0) is 4.79 Å². The van der Waals surface area contributed by atoms with E-state index in [9.17, 15) is 4.79 Å². The minimum Gasteiger partial charge on any atom is -0.341 e. The summed E-state index contributed by atoms with van der Waals surface area (Å²) in [5, 5.41) is 8.89. The lowest BCUT2D eigenvalue weighted by Crippen LogP contribution is -2.31. The Morgan fingerprint density at radius 1 is 1.07 bits per heavy atom. The highest BCUT2D eigenvalue weighted by atomic mass is 32.2. The first-order chi connectivity index (χ1) is 13.6. The molecule has 4 rings (SSSR count). The molecule has 5 nitrogen and oxygen atoms in total. The van der Waals surface area contributed by atoms with E-state index < -0.39 is 0 Å². The van der Waals surface area contributed by atoms with Gasteiger partial charge < -0.3 is 4.90 Å². The van der Waals surface area contributed by atoms with Gasteiger partial charge in [-0.1, -0.05) is 54.2 Å². The Balaban J connectivity index is 1.69. The van der Waals surface area contributed by atoms with Gasteiger partial charge in [0.1, 0.15) is 11.6 Å². The van der Waals surface area contributed by atoms with E-state index >= 15 is 0 Å². The number of likely N-dealkylation sites (tertiary alicyclic amines) is 1. The Hall–Kier alpha value is -2.60. The smallest absolute Gasteiger partial charge is 0.240 e. The SMILES string of the molecule is Cc1ccc(C)c(-n2cnnc2S[C@H](C(=O)N2CCCC2)c2ccccc2)c1. The molecule has 0 bridgehead atoms. The molecule has 0 saturated carbocycles. The van der Waals surface area contributed by atoms with E-state index in [2.05, 4.69) is 42.2 Å². The lowest BCUT2D eigenvalue weighted by Gasteiger charge is -2.23. The Morgan fingerprint density at radius 2 is 1.82 bits per heavy atom. The molecule has 0 N–H and O–H groups in total. The number of thioether (sulfide) groups is 1. The summed E-state index contributed by atoms with van der Waals surface area (Å²) >= 11 is 1.48. The van der Waals surface area contributed by atoms with Crippen LogP contribution in [0.1, 0.15) is 34.8 Å². The molecule has 1 saturated heterocycles. The van der Waals surface area contributed by atoms with Gasteiger partial charge in [-0.05, 0) is 49.4 Å². The lowest BCUT2D eigenvalue weighted by atomic mass is 10.1. The van der Waals surface area contributed by atoms with Crippen molar-refractivity contribution in [1.82, 2.24) is 19.7 Å². The van der Waals surface area contributed by atoms with E-state index in [1.807, 2.05) is 39.8 Å². The van der Waals surface area contributed by atoms with Crippen LogP contribution in [-0.4, -0.2) is 38.7 Å².